The van der Waals surface area contributed by atoms with E-state index in [2.05, 4.69) is 141 Å². The average Bonchev–Trinajstić information content (AvgIpc) is 1.14. The zero-order valence-electron chi connectivity index (χ0n) is 87.9. The van der Waals surface area contributed by atoms with Crippen molar-refractivity contribution in [3.05, 3.63) is 143 Å². The number of hydrogen-bond donors (Lipinski definition) is 2. The number of carboxylic acids is 1. The van der Waals surface area contributed by atoms with Gasteiger partial charge in [-0.1, -0.05) is 184 Å². The second-order valence-electron chi connectivity index (χ2n) is 47.7. The Balaban J connectivity index is 0.000000191. The molecule has 8 saturated carbocycles. The molecular weight excluding hydrogens is 1780 g/mol. The fourth-order valence-corrected chi connectivity index (χ4v) is 31.5. The molecule has 0 spiro atoms. The smallest absolute Gasteiger partial charge is 0.481 e. The minimum Gasteiger partial charge on any atom is -0.481 e. The quantitative estimate of drug-likeness (QED) is 0.0311. The van der Waals surface area contributed by atoms with Crippen LogP contribution in [0.1, 0.15) is 317 Å². The van der Waals surface area contributed by atoms with E-state index in [1.807, 2.05) is 94.4 Å². The van der Waals surface area contributed by atoms with Gasteiger partial charge in [0.25, 0.3) is 5.97 Å². The third kappa shape index (κ3) is 22.6. The Morgan fingerprint density at radius 1 is 0.522 bits per heavy atom. The number of sulfone groups is 1. The summed E-state index contributed by atoms with van der Waals surface area (Å²) in [6.07, 6.45) is 37.6. The van der Waals surface area contributed by atoms with Crippen molar-refractivity contribution in [2.75, 3.05) is 51.0 Å². The van der Waals surface area contributed by atoms with Crippen LogP contribution in [0.15, 0.2) is 131 Å². The molecular formula is C113H167BF2N2NaO18S+. The number of esters is 5. The summed E-state index contributed by atoms with van der Waals surface area (Å²) in [7, 11) is -3.15. The number of aldehydes is 2. The van der Waals surface area contributed by atoms with E-state index in [1.165, 1.54) is 112 Å². The molecule has 14 aliphatic rings. The summed E-state index contributed by atoms with van der Waals surface area (Å²) < 4.78 is 86.8. The number of aliphatic carboxylic acids is 1. The number of hydrogen-bond acceptors (Lipinski definition) is 19. The van der Waals surface area contributed by atoms with Crippen molar-refractivity contribution < 1.29 is 123 Å². The van der Waals surface area contributed by atoms with Gasteiger partial charge in [-0.25, -0.2) is 17.2 Å². The first kappa shape index (κ1) is 114. The van der Waals surface area contributed by atoms with Crippen LogP contribution in [-0.4, -0.2) is 143 Å². The summed E-state index contributed by atoms with van der Waals surface area (Å²) >= 11 is 0. The number of allylic oxidation sites excluding steroid dienone is 10. The van der Waals surface area contributed by atoms with Crippen molar-refractivity contribution >= 4 is 65.3 Å². The average molecular weight is 1950 g/mol. The number of ether oxygens (including phenoxy) is 5. The molecule has 2 aromatic carbocycles. The van der Waals surface area contributed by atoms with Crippen LogP contribution in [0.2, 0.25) is 0 Å². The van der Waals surface area contributed by atoms with Crippen LogP contribution in [0.4, 0.5) is 8.78 Å². The number of nitrogens with two attached hydrogens (primary N) is 1. The first-order chi connectivity index (χ1) is 64.1. The van der Waals surface area contributed by atoms with Gasteiger partial charge in [0.05, 0.1) is 33.5 Å². The van der Waals surface area contributed by atoms with Crippen LogP contribution in [0.5, 0.6) is 0 Å². The summed E-state index contributed by atoms with van der Waals surface area (Å²) in [5, 5.41) is 7.42. The molecule has 0 unspecified atom stereocenters. The SMILES string of the molecule is C=C(C)[C@@H]1CC[C@]2(C=O)CC[C@]3(C)[C@H](CC[C@@H]4[C@@]5(C)CC=C(C)C(C)(C)[C@@H]5CC[C@]43C)[C@@H]12.C=C(C)[C@@H]1CC[C@]2(C=O)CC[C@]3(C)[C@H](CC[C@@H]4[C@@]5(C)CC=C(C6=CC[C@@](CF)(C(=O)OCc7ccccc7)CC6)C(C)(C)[C@@H]5CC[C@]43C)[C@@H]12.CC(=O)O.CC(=O)OC(OC(C)=O)OC(C)=O.CC1(C)OB(C2=CC[C@@](CF)(C(=O)OCc3ccccc3)CC2)OC1(C)C.NCCCN1CCS(=O)(=O)CC1.[Na+]. The maximum absolute atomic E-state index is 14.7. The summed E-state index contributed by atoms with van der Waals surface area (Å²) in [5.41, 5.74) is 14.0. The number of fused-ring (bicyclic) bond motifs is 14. The van der Waals surface area contributed by atoms with Gasteiger partial charge in [-0.2, -0.15) is 0 Å². The van der Waals surface area contributed by atoms with Crippen LogP contribution in [-0.2, 0) is 94.4 Å². The van der Waals surface area contributed by atoms with Gasteiger partial charge in [-0.3, -0.25) is 28.8 Å². The van der Waals surface area contributed by atoms with Crippen LogP contribution >= 0.6 is 0 Å². The molecule has 16 rings (SSSR count). The molecule has 3 N–H and O–H groups in total. The van der Waals surface area contributed by atoms with Crippen LogP contribution in [0.25, 0.3) is 0 Å². The van der Waals surface area contributed by atoms with Gasteiger partial charge in [0, 0.05) is 51.6 Å². The number of halogens is 2. The second kappa shape index (κ2) is 44.4. The molecule has 20 atom stereocenters. The second-order valence-corrected chi connectivity index (χ2v) is 50.0. The number of benzene rings is 2. The van der Waals surface area contributed by atoms with E-state index in [4.69, 9.17) is 34.4 Å². The van der Waals surface area contributed by atoms with Gasteiger partial charge < -0.3 is 58.3 Å². The standard InChI is InChI=1S/C45H61FO3.C31H48O.C21H28BFO4.C7H16N2O2S.C7H10O6.C2H4O2.Na/c1-30(2)33-17-24-45(29-47)26-25-42(6)35(38(33)45)13-14-37-41(5)20-18-34(40(3,4)36(41)19-21-43(37,42)7)32-15-22-44(28-46,23-16-32)39(48)49-27-31-11-9-8-10-12-31;1-20(2)22-12-16-31(19-32)18-17-29(7)23(26(22)31)9-10-25-28(6)14-11-21(3)27(4,5)24(28)13-15-30(25,29)8;1-19(2)20(3,4)27-22(26-19)17-10-12-21(15-23,13-11-17)18(24)25-14-16-8-6-5-7-9-16;8-2-1-3-9-4-6-12(10,11)7-5-9;1-4(8)11-7(12-5(2)9)13-6(3)10;1-2(3)4;/h8-12,15,18,29,33,35-38H,1,13-14,16-17,19-28H2,2-7H3;11,19,22-26H,1,9-10,12-18H2,2-8H3;5-10H,11-15H2,1-4H3;1-8H2;7H,1-3H3;1H3,(H,3,4);/q;;;;;;+1/t33-,35+,36-,37+,38+,41-,42+,43+,44+,45+;22-,23+,24-,25+,26+,28-,29+,30+,31+;21-;;;;/m001..../s1. The summed E-state index contributed by atoms with van der Waals surface area (Å²) in [5.74, 6) is 2.85. The van der Waals surface area contributed by atoms with Crippen molar-refractivity contribution in [1.82, 2.24) is 4.90 Å². The van der Waals surface area contributed by atoms with E-state index in [-0.39, 0.29) is 75.3 Å². The molecule has 25 heteroatoms. The summed E-state index contributed by atoms with van der Waals surface area (Å²) in [6, 6.07) is 19.1. The number of rotatable bonds is 20. The molecule has 2 saturated heterocycles. The van der Waals surface area contributed by atoms with E-state index >= 15 is 0 Å². The minimum absolute atomic E-state index is 0. The van der Waals surface area contributed by atoms with Crippen molar-refractivity contribution in [3.63, 3.8) is 0 Å². The van der Waals surface area contributed by atoms with Crippen molar-refractivity contribution in [1.29, 1.82) is 0 Å². The molecule has 20 nitrogen and oxygen atoms in total. The van der Waals surface area contributed by atoms with Gasteiger partial charge in [0.2, 0.25) is 0 Å². The third-order valence-electron chi connectivity index (χ3n) is 39.2. The van der Waals surface area contributed by atoms with Crippen molar-refractivity contribution in [2.45, 2.75) is 337 Å². The molecule has 760 valence electrons. The van der Waals surface area contributed by atoms with E-state index in [1.54, 1.807) is 5.57 Å². The normalized spacial score (nSPS) is 36.4. The Morgan fingerprint density at radius 2 is 0.928 bits per heavy atom. The predicted molar refractivity (Wildman–Crippen MR) is 533 cm³/mol. The number of nitrogens with zero attached hydrogens (tertiary/aromatic N) is 1. The number of carbonyl (C=O) groups excluding carboxylic acids is 7. The largest absolute Gasteiger partial charge is 1.00 e. The first-order valence-corrected chi connectivity index (χ1v) is 53.1. The first-order valence-electron chi connectivity index (χ1n) is 51.3. The van der Waals surface area contributed by atoms with E-state index < -0.39 is 94.6 Å². The maximum Gasteiger partial charge on any atom is 1.00 e. The Bertz CT molecular complexity index is 4910. The Labute approximate surface area is 847 Å². The molecule has 2 aliphatic heterocycles. The molecule has 0 aromatic heterocycles. The van der Waals surface area contributed by atoms with E-state index in [0.717, 1.165) is 108 Å². The number of alkyl halides is 2. The molecule has 0 amide bonds. The van der Waals surface area contributed by atoms with Crippen LogP contribution < -0.4 is 35.3 Å². The van der Waals surface area contributed by atoms with Crippen LogP contribution in [0, 0.1) is 124 Å². The zero-order chi connectivity index (χ0) is 101. The number of carboxylic acid groups (broad SMARTS) is 1. The van der Waals surface area contributed by atoms with E-state index in [9.17, 15) is 50.8 Å². The maximum atomic E-state index is 14.7. The Morgan fingerprint density at radius 3 is 1.30 bits per heavy atom. The molecule has 138 heavy (non-hydrogen) atoms. The minimum atomic E-state index is -2.71. The van der Waals surface area contributed by atoms with Crippen LogP contribution in [0.3, 0.4) is 0 Å². The summed E-state index contributed by atoms with van der Waals surface area (Å²) in [6.45, 7) is 54.3. The Kier molecular flexibility index (Phi) is 36.6. The third-order valence-corrected chi connectivity index (χ3v) is 40.8. The topological polar surface area (TPSA) is 285 Å². The monoisotopic (exact) mass is 1940 g/mol. The number of carbonyl (C=O) groups is 8. The fourth-order valence-electron chi connectivity index (χ4n) is 30.2. The van der Waals surface area contributed by atoms with Gasteiger partial charge >= 0.3 is 73.0 Å². The van der Waals surface area contributed by atoms with Gasteiger partial charge in [0.1, 0.15) is 39.1 Å². The van der Waals surface area contributed by atoms with Gasteiger partial charge in [-0.05, 0) is 352 Å². The summed E-state index contributed by atoms with van der Waals surface area (Å²) in [4.78, 5) is 93.7. The van der Waals surface area contributed by atoms with E-state index in [0.29, 0.717) is 139 Å². The fraction of sp³-hybridized carbons (Fsp3) is 0.717. The molecule has 2 aromatic rings. The molecule has 0 radical (unpaired) electrons. The van der Waals surface area contributed by atoms with Gasteiger partial charge in [0.15, 0.2) is 9.84 Å². The van der Waals surface area contributed by atoms with Crippen molar-refractivity contribution in [3.8, 4) is 0 Å². The zero-order valence-corrected chi connectivity index (χ0v) is 90.7. The molecule has 10 fully saturated rings. The predicted octanol–water partition coefficient (Wildman–Crippen LogP) is 20.1. The molecule has 0 bridgehead atoms. The molecule has 2 heterocycles. The van der Waals surface area contributed by atoms with Crippen molar-refractivity contribution in [2.24, 2.45) is 130 Å². The molecule has 12 aliphatic carbocycles. The van der Waals surface area contributed by atoms with Gasteiger partial charge in [-0.15, -0.1) is 0 Å². The Hall–Kier alpha value is -6.25.